The van der Waals surface area contributed by atoms with Gasteiger partial charge in [0.2, 0.25) is 0 Å². The molecule has 0 radical (unpaired) electrons. The molecule has 106 valence electrons. The van der Waals surface area contributed by atoms with Gasteiger partial charge < -0.3 is 0 Å². The second-order valence-electron chi connectivity index (χ2n) is 7.07. The molecule has 0 atom stereocenters. The van der Waals surface area contributed by atoms with Gasteiger partial charge >= 0.3 is 0 Å². The highest BCUT2D eigenvalue weighted by molar-refractivity contribution is 4.80. The Kier molecular flexibility index (Phi) is 7.70. The van der Waals surface area contributed by atoms with Crippen LogP contribution in [0.15, 0.2) is 12.7 Å². The Morgan fingerprint density at radius 1 is 0.778 bits per heavy atom. The smallest absolute Gasteiger partial charge is 0.0236 e. The van der Waals surface area contributed by atoms with Crippen LogP contribution in [0.3, 0.4) is 0 Å². The average molecular weight is 250 g/mol. The number of hydrogen-bond donors (Lipinski definition) is 0. The molecule has 0 aromatic rings. The summed E-state index contributed by atoms with van der Waals surface area (Å²) in [4.78, 5) is 0. The molecule has 0 N–H and O–H groups in total. The lowest BCUT2D eigenvalue weighted by atomic mass is 9.80. The lowest BCUT2D eigenvalue weighted by Crippen LogP contribution is -2.12. The summed E-state index contributed by atoms with van der Waals surface area (Å²) in [6.07, 6.45) is 19.5. The first-order valence-electron chi connectivity index (χ1n) is 8.27. The van der Waals surface area contributed by atoms with Crippen molar-refractivity contribution < 1.29 is 0 Å². The highest BCUT2D eigenvalue weighted by atomic mass is 14.2. The fourth-order valence-electron chi connectivity index (χ4n) is 3.23. The first kappa shape index (κ1) is 15.8. The lowest BCUT2D eigenvalue weighted by molar-refractivity contribution is 0.266. The van der Waals surface area contributed by atoms with Gasteiger partial charge in [0.05, 0.1) is 0 Å². The summed E-state index contributed by atoms with van der Waals surface area (Å²) in [5, 5.41) is 0. The van der Waals surface area contributed by atoms with Gasteiger partial charge in [-0.2, -0.15) is 0 Å². The van der Waals surface area contributed by atoms with Gasteiger partial charge in [0.1, 0.15) is 0 Å². The van der Waals surface area contributed by atoms with E-state index in [9.17, 15) is 0 Å². The molecule has 2 rings (SSSR count). The molecular weight excluding hydrogens is 216 g/mol. The molecule has 18 heavy (non-hydrogen) atoms. The molecular formula is C18H34. The summed E-state index contributed by atoms with van der Waals surface area (Å²) < 4.78 is 0. The van der Waals surface area contributed by atoms with Crippen LogP contribution in [0.25, 0.3) is 0 Å². The Balaban J connectivity index is 0.000000184. The molecule has 0 aromatic heterocycles. The molecule has 0 nitrogen and oxygen atoms in total. The largest absolute Gasteiger partial charge is 0.103 e. The first-order chi connectivity index (χ1) is 8.64. The molecule has 2 saturated carbocycles. The Morgan fingerprint density at radius 2 is 1.22 bits per heavy atom. The Labute approximate surface area is 115 Å². The van der Waals surface area contributed by atoms with Gasteiger partial charge in [0.15, 0.2) is 0 Å². The van der Waals surface area contributed by atoms with E-state index in [0.29, 0.717) is 5.41 Å². The quantitative estimate of drug-likeness (QED) is 0.465. The van der Waals surface area contributed by atoms with Crippen molar-refractivity contribution in [1.29, 1.82) is 0 Å². The highest BCUT2D eigenvalue weighted by Gasteiger charge is 2.17. The molecule has 0 saturated heterocycles. The van der Waals surface area contributed by atoms with Crippen molar-refractivity contribution in [2.45, 2.75) is 90.9 Å². The minimum Gasteiger partial charge on any atom is -0.103 e. The van der Waals surface area contributed by atoms with Gasteiger partial charge in [-0.1, -0.05) is 71.3 Å². The van der Waals surface area contributed by atoms with E-state index in [0.717, 1.165) is 5.92 Å². The van der Waals surface area contributed by atoms with Crippen molar-refractivity contribution in [2.24, 2.45) is 11.3 Å². The van der Waals surface area contributed by atoms with Crippen LogP contribution >= 0.6 is 0 Å². The third kappa shape index (κ3) is 7.24. The highest BCUT2D eigenvalue weighted by Crippen LogP contribution is 2.32. The topological polar surface area (TPSA) is 0 Å². The van der Waals surface area contributed by atoms with Crippen LogP contribution in [-0.4, -0.2) is 0 Å². The van der Waals surface area contributed by atoms with E-state index in [1.54, 1.807) is 0 Å². The van der Waals surface area contributed by atoms with Crippen LogP contribution in [-0.2, 0) is 0 Å². The second kappa shape index (κ2) is 8.77. The predicted octanol–water partition coefficient (Wildman–Crippen LogP) is 6.51. The van der Waals surface area contributed by atoms with Crippen LogP contribution in [0.5, 0.6) is 0 Å². The Morgan fingerprint density at radius 3 is 1.67 bits per heavy atom. The maximum Gasteiger partial charge on any atom is -0.0236 e. The van der Waals surface area contributed by atoms with Crippen LogP contribution in [0.4, 0.5) is 0 Å². The zero-order chi connectivity index (χ0) is 13.3. The Bertz CT molecular complexity index is 198. The number of hydrogen-bond acceptors (Lipinski definition) is 0. The first-order valence-corrected chi connectivity index (χ1v) is 8.27. The molecule has 2 fully saturated rings. The van der Waals surface area contributed by atoms with Crippen LogP contribution in [0, 0.1) is 11.3 Å². The maximum atomic E-state index is 3.78. The summed E-state index contributed by atoms with van der Waals surface area (Å²) in [6, 6.07) is 0. The summed E-state index contributed by atoms with van der Waals surface area (Å²) in [6.45, 7) is 8.61. The van der Waals surface area contributed by atoms with Gasteiger partial charge in [0, 0.05) is 0 Å². The standard InChI is InChI=1S/C10H20.C8H14/c1-10(2)8-6-4-3-5-7-9-10;1-2-8-6-4-3-5-7-8/h3-9H2,1-2H3;2,8H,1,3-7H2. The molecule has 0 amide bonds. The normalized spacial score (nSPS) is 25.2. The van der Waals surface area contributed by atoms with Gasteiger partial charge in [0.25, 0.3) is 0 Å². The predicted molar refractivity (Wildman–Crippen MR) is 82.9 cm³/mol. The van der Waals surface area contributed by atoms with Crippen LogP contribution < -0.4 is 0 Å². The minimum atomic E-state index is 0.653. The second-order valence-corrected chi connectivity index (χ2v) is 7.07. The lowest BCUT2D eigenvalue weighted by Gasteiger charge is -2.26. The van der Waals surface area contributed by atoms with Gasteiger partial charge in [-0.05, 0) is 37.0 Å². The Hall–Kier alpha value is -0.260. The zero-order valence-electron chi connectivity index (χ0n) is 12.8. The fraction of sp³-hybridized carbons (Fsp3) is 0.889. The molecule has 2 aliphatic rings. The van der Waals surface area contributed by atoms with Crippen molar-refractivity contribution in [2.75, 3.05) is 0 Å². The fourth-order valence-corrected chi connectivity index (χ4v) is 3.23. The van der Waals surface area contributed by atoms with Gasteiger partial charge in [-0.25, -0.2) is 0 Å². The van der Waals surface area contributed by atoms with Crippen molar-refractivity contribution in [3.05, 3.63) is 12.7 Å². The van der Waals surface area contributed by atoms with E-state index < -0.39 is 0 Å². The van der Waals surface area contributed by atoms with E-state index in [1.807, 2.05) is 0 Å². The molecule has 0 heteroatoms. The minimum absolute atomic E-state index is 0.653. The third-order valence-electron chi connectivity index (χ3n) is 4.69. The molecule has 0 aromatic carbocycles. The third-order valence-corrected chi connectivity index (χ3v) is 4.69. The van der Waals surface area contributed by atoms with E-state index in [-0.39, 0.29) is 0 Å². The molecule has 2 aliphatic carbocycles. The molecule has 0 aliphatic heterocycles. The molecule has 0 spiro atoms. The van der Waals surface area contributed by atoms with Crippen molar-refractivity contribution in [1.82, 2.24) is 0 Å². The van der Waals surface area contributed by atoms with Crippen molar-refractivity contribution in [3.8, 4) is 0 Å². The van der Waals surface area contributed by atoms with Crippen molar-refractivity contribution in [3.63, 3.8) is 0 Å². The average Bonchev–Trinajstić information content (AvgIpc) is 2.37. The van der Waals surface area contributed by atoms with E-state index in [2.05, 4.69) is 26.5 Å². The van der Waals surface area contributed by atoms with E-state index in [4.69, 9.17) is 0 Å². The monoisotopic (exact) mass is 250 g/mol. The van der Waals surface area contributed by atoms with E-state index in [1.165, 1.54) is 77.0 Å². The molecule has 0 heterocycles. The van der Waals surface area contributed by atoms with Crippen LogP contribution in [0.2, 0.25) is 0 Å². The maximum absolute atomic E-state index is 3.78. The molecule has 0 bridgehead atoms. The van der Waals surface area contributed by atoms with Gasteiger partial charge in [-0.15, -0.1) is 6.58 Å². The summed E-state index contributed by atoms with van der Waals surface area (Å²) in [5.74, 6) is 0.851. The van der Waals surface area contributed by atoms with E-state index >= 15 is 0 Å². The molecule has 0 unspecified atom stereocenters. The van der Waals surface area contributed by atoms with Gasteiger partial charge in [-0.3, -0.25) is 0 Å². The number of allylic oxidation sites excluding steroid dienone is 1. The summed E-state index contributed by atoms with van der Waals surface area (Å²) in [5.41, 5.74) is 0.653. The van der Waals surface area contributed by atoms with Crippen LogP contribution in [0.1, 0.15) is 90.9 Å². The summed E-state index contributed by atoms with van der Waals surface area (Å²) in [7, 11) is 0. The zero-order valence-corrected chi connectivity index (χ0v) is 12.8. The van der Waals surface area contributed by atoms with Crippen molar-refractivity contribution >= 4 is 0 Å². The summed E-state index contributed by atoms with van der Waals surface area (Å²) >= 11 is 0. The number of rotatable bonds is 1. The SMILES string of the molecule is C=CC1CCCCC1.CC1(C)CCCCCCC1.